The van der Waals surface area contributed by atoms with Crippen LogP contribution in [-0.2, 0) is 4.79 Å². The van der Waals surface area contributed by atoms with Gasteiger partial charge in [-0.05, 0) is 35.5 Å². The summed E-state index contributed by atoms with van der Waals surface area (Å²) in [5.41, 5.74) is 0.798. The molecular formula is C12H9NO4S. The summed E-state index contributed by atoms with van der Waals surface area (Å²) in [5.74, 6) is 0.994. The Labute approximate surface area is 107 Å². The van der Waals surface area contributed by atoms with Gasteiger partial charge in [0, 0.05) is 0 Å². The molecule has 0 saturated carbocycles. The van der Waals surface area contributed by atoms with Gasteiger partial charge < -0.3 is 9.47 Å². The van der Waals surface area contributed by atoms with Crippen LogP contribution >= 0.6 is 11.8 Å². The van der Waals surface area contributed by atoms with E-state index in [1.165, 1.54) is 0 Å². The number of amides is 2. The molecule has 1 N–H and O–H groups in total. The van der Waals surface area contributed by atoms with Crippen molar-refractivity contribution >= 4 is 29.0 Å². The first kappa shape index (κ1) is 11.2. The molecule has 1 saturated heterocycles. The molecule has 1 fully saturated rings. The van der Waals surface area contributed by atoms with Crippen LogP contribution in [0.5, 0.6) is 11.5 Å². The van der Waals surface area contributed by atoms with Crippen LogP contribution in [0.25, 0.3) is 6.08 Å². The van der Waals surface area contributed by atoms with E-state index in [-0.39, 0.29) is 11.1 Å². The van der Waals surface area contributed by atoms with Gasteiger partial charge in [-0.1, -0.05) is 6.07 Å². The standard InChI is InChI=1S/C12H9NO4S/c14-11-10(18-12(15)13-11)6-7-1-2-8-9(5-7)17-4-3-16-8/h1-2,5-6H,3-4H2,(H,13,14,15). The Morgan fingerprint density at radius 2 is 1.94 bits per heavy atom. The fourth-order valence-corrected chi connectivity index (χ4v) is 2.40. The van der Waals surface area contributed by atoms with Crippen LogP contribution in [0.4, 0.5) is 4.79 Å². The van der Waals surface area contributed by atoms with Gasteiger partial charge in [-0.2, -0.15) is 0 Å². The fraction of sp³-hybridized carbons (Fsp3) is 0.167. The molecule has 92 valence electrons. The molecule has 0 aromatic heterocycles. The van der Waals surface area contributed by atoms with E-state index in [0.29, 0.717) is 29.6 Å². The van der Waals surface area contributed by atoms with E-state index in [1.807, 2.05) is 6.07 Å². The maximum atomic E-state index is 11.4. The lowest BCUT2D eigenvalue weighted by molar-refractivity contribution is -0.115. The topological polar surface area (TPSA) is 64.6 Å². The Bertz CT molecular complexity index is 567. The molecular weight excluding hydrogens is 254 g/mol. The van der Waals surface area contributed by atoms with Gasteiger partial charge in [-0.25, -0.2) is 0 Å². The SMILES string of the molecule is O=C1NC(=O)C(=Cc2ccc3c(c2)OCCO3)S1. The third-order valence-electron chi connectivity index (χ3n) is 2.51. The highest BCUT2D eigenvalue weighted by Gasteiger charge is 2.25. The molecule has 0 bridgehead atoms. The zero-order valence-corrected chi connectivity index (χ0v) is 10.1. The molecule has 0 unspecified atom stereocenters. The molecule has 0 spiro atoms. The molecule has 0 aliphatic carbocycles. The first-order chi connectivity index (χ1) is 8.72. The van der Waals surface area contributed by atoms with Crippen molar-refractivity contribution in [2.75, 3.05) is 13.2 Å². The van der Waals surface area contributed by atoms with E-state index in [4.69, 9.17) is 9.47 Å². The zero-order valence-electron chi connectivity index (χ0n) is 9.26. The number of carbonyl (C=O) groups is 2. The van der Waals surface area contributed by atoms with E-state index in [0.717, 1.165) is 17.3 Å². The number of carbonyl (C=O) groups excluding carboxylic acids is 2. The molecule has 2 aliphatic rings. The maximum Gasteiger partial charge on any atom is 0.290 e. The van der Waals surface area contributed by atoms with Gasteiger partial charge in [0.2, 0.25) is 0 Å². The molecule has 3 rings (SSSR count). The number of hydrogen-bond acceptors (Lipinski definition) is 5. The lowest BCUT2D eigenvalue weighted by Crippen LogP contribution is -2.17. The summed E-state index contributed by atoms with van der Waals surface area (Å²) < 4.78 is 10.9. The molecule has 0 radical (unpaired) electrons. The van der Waals surface area contributed by atoms with E-state index in [1.54, 1.807) is 18.2 Å². The van der Waals surface area contributed by atoms with Gasteiger partial charge in [0.25, 0.3) is 11.1 Å². The van der Waals surface area contributed by atoms with E-state index < -0.39 is 0 Å². The number of imide groups is 1. The van der Waals surface area contributed by atoms with Crippen molar-refractivity contribution in [1.29, 1.82) is 0 Å². The van der Waals surface area contributed by atoms with Crippen LogP contribution in [0.3, 0.4) is 0 Å². The van der Waals surface area contributed by atoms with Crippen molar-refractivity contribution in [2.24, 2.45) is 0 Å². The van der Waals surface area contributed by atoms with Crippen LogP contribution in [0.2, 0.25) is 0 Å². The quantitative estimate of drug-likeness (QED) is 0.782. The van der Waals surface area contributed by atoms with Crippen LogP contribution < -0.4 is 14.8 Å². The number of thioether (sulfide) groups is 1. The summed E-state index contributed by atoms with van der Waals surface area (Å²) >= 11 is 0.895. The molecule has 6 heteroatoms. The number of nitrogens with one attached hydrogen (secondary N) is 1. The van der Waals surface area contributed by atoms with Gasteiger partial charge >= 0.3 is 0 Å². The molecule has 2 aliphatic heterocycles. The zero-order chi connectivity index (χ0) is 12.5. The van der Waals surface area contributed by atoms with Crippen molar-refractivity contribution in [3.05, 3.63) is 28.7 Å². The van der Waals surface area contributed by atoms with Crippen LogP contribution in [0, 0.1) is 0 Å². The maximum absolute atomic E-state index is 11.4. The first-order valence-corrected chi connectivity index (χ1v) is 6.18. The summed E-state index contributed by atoms with van der Waals surface area (Å²) in [6.45, 7) is 1.06. The molecule has 5 nitrogen and oxygen atoms in total. The van der Waals surface area contributed by atoms with Gasteiger partial charge in [0.1, 0.15) is 13.2 Å². The summed E-state index contributed by atoms with van der Waals surface area (Å²) in [7, 11) is 0. The van der Waals surface area contributed by atoms with E-state index in [9.17, 15) is 9.59 Å². The Hall–Kier alpha value is -1.95. The highest BCUT2D eigenvalue weighted by Crippen LogP contribution is 2.33. The van der Waals surface area contributed by atoms with E-state index >= 15 is 0 Å². The molecule has 2 amide bonds. The Balaban J connectivity index is 1.91. The number of hydrogen-bond donors (Lipinski definition) is 1. The van der Waals surface area contributed by atoms with Crippen molar-refractivity contribution in [2.45, 2.75) is 0 Å². The summed E-state index contributed by atoms with van der Waals surface area (Å²) in [6.07, 6.45) is 1.66. The molecule has 2 heterocycles. The predicted octanol–water partition coefficient (Wildman–Crippen LogP) is 1.78. The molecule has 1 aromatic rings. The molecule has 1 aromatic carbocycles. The first-order valence-electron chi connectivity index (χ1n) is 5.37. The highest BCUT2D eigenvalue weighted by atomic mass is 32.2. The van der Waals surface area contributed by atoms with Gasteiger partial charge in [0.05, 0.1) is 4.91 Å². The fourth-order valence-electron chi connectivity index (χ4n) is 1.72. The Morgan fingerprint density at radius 1 is 1.17 bits per heavy atom. The minimum atomic E-state index is -0.361. The third kappa shape index (κ3) is 2.06. The lowest BCUT2D eigenvalue weighted by atomic mass is 10.2. The van der Waals surface area contributed by atoms with Crippen molar-refractivity contribution in [3.8, 4) is 11.5 Å². The second kappa shape index (κ2) is 4.38. The second-order valence-corrected chi connectivity index (χ2v) is 4.77. The number of benzene rings is 1. The van der Waals surface area contributed by atoms with Crippen LogP contribution in [0.15, 0.2) is 23.1 Å². The van der Waals surface area contributed by atoms with Gasteiger partial charge in [-0.15, -0.1) is 0 Å². The van der Waals surface area contributed by atoms with Crippen LogP contribution in [0.1, 0.15) is 5.56 Å². The Morgan fingerprint density at radius 3 is 2.67 bits per heavy atom. The lowest BCUT2D eigenvalue weighted by Gasteiger charge is -2.18. The normalized spacial score (nSPS) is 20.1. The van der Waals surface area contributed by atoms with Crippen LogP contribution in [-0.4, -0.2) is 24.4 Å². The minimum Gasteiger partial charge on any atom is -0.486 e. The average molecular weight is 263 g/mol. The highest BCUT2D eigenvalue weighted by molar-refractivity contribution is 8.18. The number of rotatable bonds is 1. The van der Waals surface area contributed by atoms with Crippen molar-refractivity contribution in [1.82, 2.24) is 5.32 Å². The second-order valence-electron chi connectivity index (χ2n) is 3.76. The average Bonchev–Trinajstić information content (AvgIpc) is 2.68. The van der Waals surface area contributed by atoms with Gasteiger partial charge in [-0.3, -0.25) is 14.9 Å². The number of ether oxygens (including phenoxy) is 2. The largest absolute Gasteiger partial charge is 0.486 e. The Kier molecular flexibility index (Phi) is 2.71. The number of fused-ring (bicyclic) bond motifs is 1. The molecule has 0 atom stereocenters. The summed E-state index contributed by atoms with van der Waals surface area (Å²) in [4.78, 5) is 22.8. The predicted molar refractivity (Wildman–Crippen MR) is 66.5 cm³/mol. The minimum absolute atomic E-state index is 0.344. The van der Waals surface area contributed by atoms with Crippen molar-refractivity contribution in [3.63, 3.8) is 0 Å². The summed E-state index contributed by atoms with van der Waals surface area (Å²) in [6, 6.07) is 5.40. The van der Waals surface area contributed by atoms with E-state index in [2.05, 4.69) is 5.32 Å². The smallest absolute Gasteiger partial charge is 0.290 e. The van der Waals surface area contributed by atoms with Crippen molar-refractivity contribution < 1.29 is 19.1 Å². The summed E-state index contributed by atoms with van der Waals surface area (Å²) in [5, 5.41) is 1.87. The van der Waals surface area contributed by atoms with Gasteiger partial charge in [0.15, 0.2) is 11.5 Å². The monoisotopic (exact) mass is 263 g/mol. The third-order valence-corrected chi connectivity index (χ3v) is 3.32. The molecule has 18 heavy (non-hydrogen) atoms.